The van der Waals surface area contributed by atoms with E-state index in [4.69, 9.17) is 4.98 Å². The summed E-state index contributed by atoms with van der Waals surface area (Å²) in [6.07, 6.45) is 3.05. The molecule has 0 spiro atoms. The fraction of sp³-hybridized carbons (Fsp3) is 0.571. The number of hydrogen-bond acceptors (Lipinski definition) is 4. The van der Waals surface area contributed by atoms with Gasteiger partial charge in [0.15, 0.2) is 0 Å². The zero-order valence-electron chi connectivity index (χ0n) is 12.3. The SMILES string of the molecule is CCCNC(C)c1sc(-c2cnn(C)c2C)nc1C. The monoisotopic (exact) mass is 278 g/mol. The van der Waals surface area contributed by atoms with E-state index in [1.807, 2.05) is 17.9 Å². The lowest BCUT2D eigenvalue weighted by molar-refractivity contribution is 0.575. The Morgan fingerprint density at radius 2 is 2.16 bits per heavy atom. The molecule has 2 heterocycles. The first-order valence-corrected chi connectivity index (χ1v) is 7.56. The molecule has 2 aromatic heterocycles. The van der Waals surface area contributed by atoms with Gasteiger partial charge in [-0.1, -0.05) is 6.92 Å². The third-order valence-electron chi connectivity index (χ3n) is 3.39. The van der Waals surface area contributed by atoms with Crippen molar-refractivity contribution in [3.63, 3.8) is 0 Å². The first kappa shape index (κ1) is 14.2. The maximum Gasteiger partial charge on any atom is 0.127 e. The molecule has 0 saturated heterocycles. The second kappa shape index (κ2) is 5.84. The van der Waals surface area contributed by atoms with E-state index >= 15 is 0 Å². The highest BCUT2D eigenvalue weighted by atomic mass is 32.1. The van der Waals surface area contributed by atoms with Gasteiger partial charge in [0.05, 0.1) is 17.5 Å². The summed E-state index contributed by atoms with van der Waals surface area (Å²) in [4.78, 5) is 6.04. The molecule has 0 aliphatic heterocycles. The largest absolute Gasteiger partial charge is 0.309 e. The smallest absolute Gasteiger partial charge is 0.127 e. The predicted molar refractivity (Wildman–Crippen MR) is 80.5 cm³/mol. The fourth-order valence-corrected chi connectivity index (χ4v) is 3.24. The molecular formula is C14H22N4S. The third kappa shape index (κ3) is 2.87. The van der Waals surface area contributed by atoms with Crippen LogP contribution in [0.2, 0.25) is 0 Å². The quantitative estimate of drug-likeness (QED) is 0.913. The van der Waals surface area contributed by atoms with Crippen LogP contribution < -0.4 is 5.32 Å². The van der Waals surface area contributed by atoms with E-state index in [1.54, 1.807) is 11.3 Å². The zero-order chi connectivity index (χ0) is 14.0. The Bertz CT molecular complexity index is 556. The van der Waals surface area contributed by atoms with E-state index in [-0.39, 0.29) is 0 Å². The number of nitrogens with one attached hydrogen (secondary N) is 1. The fourth-order valence-electron chi connectivity index (χ4n) is 2.09. The summed E-state index contributed by atoms with van der Waals surface area (Å²) >= 11 is 1.77. The lowest BCUT2D eigenvalue weighted by Gasteiger charge is -2.11. The van der Waals surface area contributed by atoms with Gasteiger partial charge in [0.25, 0.3) is 0 Å². The van der Waals surface area contributed by atoms with Crippen molar-refractivity contribution in [2.75, 3.05) is 6.54 Å². The summed E-state index contributed by atoms with van der Waals surface area (Å²) in [6, 6.07) is 0.364. The van der Waals surface area contributed by atoms with Gasteiger partial charge >= 0.3 is 0 Å². The van der Waals surface area contributed by atoms with Gasteiger partial charge in [-0.05, 0) is 33.7 Å². The Morgan fingerprint density at radius 1 is 1.42 bits per heavy atom. The minimum atomic E-state index is 0.364. The van der Waals surface area contributed by atoms with Crippen molar-refractivity contribution in [2.24, 2.45) is 7.05 Å². The number of aryl methyl sites for hydroxylation is 2. The van der Waals surface area contributed by atoms with E-state index < -0.39 is 0 Å². The van der Waals surface area contributed by atoms with Crippen LogP contribution in [0.1, 0.15) is 42.6 Å². The predicted octanol–water partition coefficient (Wildman–Crippen LogP) is 3.22. The van der Waals surface area contributed by atoms with Gasteiger partial charge in [-0.2, -0.15) is 5.10 Å². The molecule has 0 aliphatic carbocycles. The van der Waals surface area contributed by atoms with Crippen LogP contribution in [0.15, 0.2) is 6.20 Å². The van der Waals surface area contributed by atoms with Gasteiger partial charge in [0.1, 0.15) is 5.01 Å². The van der Waals surface area contributed by atoms with Crippen molar-refractivity contribution >= 4 is 11.3 Å². The van der Waals surface area contributed by atoms with Crippen LogP contribution in [0.4, 0.5) is 0 Å². The molecule has 0 amide bonds. The van der Waals surface area contributed by atoms with Crippen molar-refractivity contribution in [2.45, 2.75) is 40.2 Å². The van der Waals surface area contributed by atoms with Gasteiger partial charge in [-0.25, -0.2) is 4.98 Å². The van der Waals surface area contributed by atoms with Crippen LogP contribution in [0.25, 0.3) is 10.6 Å². The molecule has 1 unspecified atom stereocenters. The van der Waals surface area contributed by atoms with Crippen LogP contribution in [0.5, 0.6) is 0 Å². The number of nitrogens with zero attached hydrogens (tertiary/aromatic N) is 3. The summed E-state index contributed by atoms with van der Waals surface area (Å²) < 4.78 is 1.89. The van der Waals surface area contributed by atoms with E-state index in [0.717, 1.165) is 34.9 Å². The Morgan fingerprint density at radius 3 is 2.74 bits per heavy atom. The maximum absolute atomic E-state index is 4.71. The zero-order valence-corrected chi connectivity index (χ0v) is 13.1. The molecule has 104 valence electrons. The molecule has 0 radical (unpaired) electrons. The Kier molecular flexibility index (Phi) is 4.37. The lowest BCUT2D eigenvalue weighted by Crippen LogP contribution is -2.18. The van der Waals surface area contributed by atoms with Gasteiger partial charge in [-0.15, -0.1) is 11.3 Å². The second-order valence-electron chi connectivity index (χ2n) is 4.91. The summed E-state index contributed by atoms with van der Waals surface area (Å²) in [7, 11) is 1.96. The van der Waals surface area contributed by atoms with Crippen molar-refractivity contribution < 1.29 is 0 Å². The maximum atomic E-state index is 4.71. The van der Waals surface area contributed by atoms with Crippen molar-refractivity contribution in [3.05, 3.63) is 22.5 Å². The standard InChI is InChI=1S/C14H22N4S/c1-6-7-15-9(2)13-10(3)17-14(19-13)12-8-16-18(5)11(12)4/h8-9,15H,6-7H2,1-5H3. The summed E-state index contributed by atoms with van der Waals surface area (Å²) in [6.45, 7) is 9.60. The Balaban J connectivity index is 2.28. The average molecular weight is 278 g/mol. The van der Waals surface area contributed by atoms with Crippen molar-refractivity contribution in [3.8, 4) is 10.6 Å². The normalized spacial score (nSPS) is 12.9. The van der Waals surface area contributed by atoms with Crippen LogP contribution in [-0.4, -0.2) is 21.3 Å². The molecular weight excluding hydrogens is 256 g/mol. The molecule has 0 saturated carbocycles. The second-order valence-corrected chi connectivity index (χ2v) is 5.94. The van der Waals surface area contributed by atoms with Crippen LogP contribution in [0.3, 0.4) is 0 Å². The van der Waals surface area contributed by atoms with Crippen molar-refractivity contribution in [1.29, 1.82) is 0 Å². The minimum absolute atomic E-state index is 0.364. The molecule has 2 rings (SSSR count). The van der Waals surface area contributed by atoms with Gasteiger partial charge in [0, 0.05) is 23.7 Å². The van der Waals surface area contributed by atoms with Crippen LogP contribution in [0, 0.1) is 13.8 Å². The van der Waals surface area contributed by atoms with Crippen LogP contribution in [-0.2, 0) is 7.05 Å². The Hall–Kier alpha value is -1.20. The lowest BCUT2D eigenvalue weighted by atomic mass is 10.2. The minimum Gasteiger partial charge on any atom is -0.309 e. The third-order valence-corrected chi connectivity index (χ3v) is 4.77. The molecule has 5 heteroatoms. The average Bonchev–Trinajstić information content (AvgIpc) is 2.91. The van der Waals surface area contributed by atoms with Gasteiger partial charge < -0.3 is 5.32 Å². The summed E-state index contributed by atoms with van der Waals surface area (Å²) in [5, 5.41) is 8.89. The molecule has 0 aromatic carbocycles. The Labute approximate surface area is 118 Å². The van der Waals surface area contributed by atoms with E-state index in [1.165, 1.54) is 4.88 Å². The molecule has 4 nitrogen and oxygen atoms in total. The number of rotatable bonds is 5. The van der Waals surface area contributed by atoms with E-state index in [0.29, 0.717) is 6.04 Å². The molecule has 0 bridgehead atoms. The molecule has 0 fully saturated rings. The number of thiazole rings is 1. The highest BCUT2D eigenvalue weighted by Gasteiger charge is 2.17. The van der Waals surface area contributed by atoms with Crippen molar-refractivity contribution in [1.82, 2.24) is 20.1 Å². The van der Waals surface area contributed by atoms with E-state index in [2.05, 4.69) is 38.1 Å². The first-order valence-electron chi connectivity index (χ1n) is 6.74. The molecule has 1 N–H and O–H groups in total. The first-order chi connectivity index (χ1) is 9.04. The van der Waals surface area contributed by atoms with E-state index in [9.17, 15) is 0 Å². The molecule has 0 aliphatic rings. The summed E-state index contributed by atoms with van der Waals surface area (Å²) in [5.74, 6) is 0. The highest BCUT2D eigenvalue weighted by molar-refractivity contribution is 7.15. The summed E-state index contributed by atoms with van der Waals surface area (Å²) in [5.41, 5.74) is 3.43. The molecule has 1 atom stereocenters. The number of aromatic nitrogens is 3. The van der Waals surface area contributed by atoms with Gasteiger partial charge in [-0.3, -0.25) is 4.68 Å². The highest BCUT2D eigenvalue weighted by Crippen LogP contribution is 2.32. The molecule has 19 heavy (non-hydrogen) atoms. The van der Waals surface area contributed by atoms with Gasteiger partial charge in [0.2, 0.25) is 0 Å². The topological polar surface area (TPSA) is 42.7 Å². The number of hydrogen-bond donors (Lipinski definition) is 1. The molecule has 2 aromatic rings. The van der Waals surface area contributed by atoms with Crippen LogP contribution >= 0.6 is 11.3 Å².